The number of hydrogen-bond acceptors (Lipinski definition) is 9. The zero-order valence-electron chi connectivity index (χ0n) is 20.1. The molecule has 3 rings (SSSR count). The Bertz CT molecular complexity index is 1320. The van der Waals surface area contributed by atoms with E-state index in [1.165, 1.54) is 24.3 Å². The molecule has 0 aliphatic rings. The van der Waals surface area contributed by atoms with Gasteiger partial charge in [0.1, 0.15) is 12.4 Å². The van der Waals surface area contributed by atoms with Crippen LogP contribution in [0.25, 0.3) is 11.0 Å². The second-order valence-electron chi connectivity index (χ2n) is 8.21. The van der Waals surface area contributed by atoms with Crippen molar-refractivity contribution in [2.75, 3.05) is 6.54 Å². The number of benzene rings is 2. The Morgan fingerprint density at radius 3 is 2.27 bits per heavy atom. The number of para-hydroxylation sites is 2. The van der Waals surface area contributed by atoms with Crippen molar-refractivity contribution in [1.82, 2.24) is 15.3 Å². The molecule has 0 bridgehead atoms. The zero-order chi connectivity index (χ0) is 27.0. The number of fused-ring (bicyclic) bond motifs is 1. The van der Waals surface area contributed by atoms with Crippen molar-refractivity contribution in [3.05, 3.63) is 59.8 Å². The molecule has 0 aliphatic carbocycles. The van der Waals surface area contributed by atoms with E-state index in [9.17, 15) is 18.9 Å². The van der Waals surface area contributed by atoms with Crippen molar-refractivity contribution in [2.45, 2.75) is 33.3 Å². The molecular formula is C24H26N3O9P. The van der Waals surface area contributed by atoms with Crippen LogP contribution < -0.4 is 14.6 Å². The van der Waals surface area contributed by atoms with Gasteiger partial charge in [0.05, 0.1) is 11.0 Å². The van der Waals surface area contributed by atoms with E-state index in [0.29, 0.717) is 29.6 Å². The van der Waals surface area contributed by atoms with Gasteiger partial charge >= 0.3 is 14.0 Å². The first-order chi connectivity index (χ1) is 17.5. The first-order valence-corrected chi connectivity index (χ1v) is 12.8. The highest BCUT2D eigenvalue weighted by molar-refractivity contribution is 7.46. The standard InChI is InChI=1S/C24H26N3O9P/c1-15(2)22(29)25-13-5-8-20(28)21-23(27-19-7-4-3-6-18(19)26-21)35-24(30)34-14-16-9-11-17(12-10-16)36-37(31,32)33/h3-4,6-7,9-12,15H,5,8,13-14H2,1-2H3,(H,25,29)(H2,31,32,33). The SMILES string of the molecule is CC(C)C(=O)NCCCC(=O)c1nc2ccccc2nc1OC(=O)OCc1ccc(OP(=O)(O)O)cc1. The minimum absolute atomic E-state index is 0.0415. The highest BCUT2D eigenvalue weighted by Crippen LogP contribution is 2.37. The van der Waals surface area contributed by atoms with Gasteiger partial charge in [0.2, 0.25) is 5.91 Å². The van der Waals surface area contributed by atoms with Gasteiger partial charge < -0.3 is 19.3 Å². The molecule has 0 fully saturated rings. The van der Waals surface area contributed by atoms with Crippen LogP contribution >= 0.6 is 7.82 Å². The molecule has 1 amide bonds. The third kappa shape index (κ3) is 8.64. The largest absolute Gasteiger partial charge is 0.524 e. The van der Waals surface area contributed by atoms with E-state index < -0.39 is 19.8 Å². The number of aromatic nitrogens is 2. The fourth-order valence-corrected chi connectivity index (χ4v) is 3.45. The van der Waals surface area contributed by atoms with Crippen molar-refractivity contribution in [1.29, 1.82) is 0 Å². The van der Waals surface area contributed by atoms with Crippen LogP contribution in [0.4, 0.5) is 4.79 Å². The summed E-state index contributed by atoms with van der Waals surface area (Å²) in [7, 11) is -4.69. The third-order valence-electron chi connectivity index (χ3n) is 4.89. The summed E-state index contributed by atoms with van der Waals surface area (Å²) in [6.07, 6.45) is -0.726. The Morgan fingerprint density at radius 2 is 1.65 bits per heavy atom. The molecule has 0 atom stereocenters. The highest BCUT2D eigenvalue weighted by Gasteiger charge is 2.21. The number of Topliss-reactive ketones (excluding diaryl/α,β-unsaturated/α-hetero) is 1. The monoisotopic (exact) mass is 531 g/mol. The van der Waals surface area contributed by atoms with Gasteiger partial charge in [-0.05, 0) is 36.2 Å². The lowest BCUT2D eigenvalue weighted by atomic mass is 10.1. The van der Waals surface area contributed by atoms with Gasteiger partial charge in [-0.25, -0.2) is 19.3 Å². The molecule has 0 aliphatic heterocycles. The zero-order valence-corrected chi connectivity index (χ0v) is 21.0. The Hall–Kier alpha value is -3.86. The van der Waals surface area contributed by atoms with Crippen LogP contribution in [-0.2, 0) is 20.7 Å². The molecule has 13 heteroatoms. The maximum atomic E-state index is 12.9. The number of nitrogens with one attached hydrogen (secondary N) is 1. The fraction of sp³-hybridized carbons (Fsp3) is 0.292. The Labute approximate surface area is 212 Å². The number of carbonyl (C=O) groups is 3. The molecule has 1 heterocycles. The summed E-state index contributed by atoms with van der Waals surface area (Å²) in [6, 6.07) is 12.3. The van der Waals surface area contributed by atoms with Gasteiger partial charge in [-0.3, -0.25) is 19.4 Å². The number of hydrogen-bond donors (Lipinski definition) is 3. The lowest BCUT2D eigenvalue weighted by molar-refractivity contribution is -0.123. The Morgan fingerprint density at radius 1 is 1.00 bits per heavy atom. The summed E-state index contributed by atoms with van der Waals surface area (Å²) >= 11 is 0. The average Bonchev–Trinajstić information content (AvgIpc) is 2.84. The van der Waals surface area contributed by atoms with Crippen LogP contribution in [0, 0.1) is 5.92 Å². The fourth-order valence-electron chi connectivity index (χ4n) is 3.05. The summed E-state index contributed by atoms with van der Waals surface area (Å²) < 4.78 is 25.6. The van der Waals surface area contributed by atoms with Crippen molar-refractivity contribution >= 4 is 36.7 Å². The number of ether oxygens (including phenoxy) is 2. The molecule has 0 unspecified atom stereocenters. The second-order valence-corrected chi connectivity index (χ2v) is 9.37. The first-order valence-electron chi connectivity index (χ1n) is 11.3. The van der Waals surface area contributed by atoms with E-state index in [4.69, 9.17) is 19.3 Å². The molecule has 0 radical (unpaired) electrons. The van der Waals surface area contributed by atoms with E-state index in [1.54, 1.807) is 38.1 Å². The van der Waals surface area contributed by atoms with Gasteiger partial charge in [-0.2, -0.15) is 0 Å². The number of phosphoric acid groups is 1. The van der Waals surface area contributed by atoms with Crippen LogP contribution in [0.2, 0.25) is 0 Å². The molecular weight excluding hydrogens is 505 g/mol. The molecule has 3 aromatic rings. The van der Waals surface area contributed by atoms with E-state index in [2.05, 4.69) is 19.8 Å². The highest BCUT2D eigenvalue weighted by atomic mass is 31.2. The minimum atomic E-state index is -4.69. The molecule has 3 N–H and O–H groups in total. The maximum Gasteiger partial charge on any atom is 0.524 e. The van der Waals surface area contributed by atoms with Gasteiger partial charge in [0.15, 0.2) is 11.5 Å². The van der Waals surface area contributed by atoms with Crippen molar-refractivity contribution in [2.24, 2.45) is 5.92 Å². The lowest BCUT2D eigenvalue weighted by Gasteiger charge is -2.11. The van der Waals surface area contributed by atoms with E-state index >= 15 is 0 Å². The maximum absolute atomic E-state index is 12.9. The summed E-state index contributed by atoms with van der Waals surface area (Å²) in [6.45, 7) is 3.61. The molecule has 0 saturated heterocycles. The summed E-state index contributed by atoms with van der Waals surface area (Å²) in [4.78, 5) is 63.1. The number of rotatable bonds is 11. The Kier molecular flexibility index (Phi) is 9.29. The summed E-state index contributed by atoms with van der Waals surface area (Å²) in [5, 5.41) is 2.73. The molecule has 196 valence electrons. The van der Waals surface area contributed by atoms with Crippen LogP contribution in [0.5, 0.6) is 11.6 Å². The molecule has 1 aromatic heterocycles. The quantitative estimate of drug-likeness (QED) is 0.143. The molecule has 12 nitrogen and oxygen atoms in total. The molecule has 0 spiro atoms. The van der Waals surface area contributed by atoms with E-state index in [-0.39, 0.29) is 42.2 Å². The summed E-state index contributed by atoms with van der Waals surface area (Å²) in [5.41, 5.74) is 1.20. The minimum Gasteiger partial charge on any atom is -0.429 e. The van der Waals surface area contributed by atoms with Crippen LogP contribution in [-0.4, -0.2) is 44.1 Å². The van der Waals surface area contributed by atoms with Crippen molar-refractivity contribution < 1.29 is 42.7 Å². The number of carbonyl (C=O) groups excluding carboxylic acids is 3. The van der Waals surface area contributed by atoms with Crippen molar-refractivity contribution in [3.8, 4) is 11.6 Å². The second kappa shape index (κ2) is 12.4. The normalized spacial score (nSPS) is 11.3. The topological polar surface area (TPSA) is 174 Å². The van der Waals surface area contributed by atoms with Gasteiger partial charge in [-0.15, -0.1) is 0 Å². The first kappa shape index (κ1) is 27.7. The smallest absolute Gasteiger partial charge is 0.429 e. The number of amides is 1. The van der Waals surface area contributed by atoms with Crippen LogP contribution in [0.1, 0.15) is 42.7 Å². The van der Waals surface area contributed by atoms with Crippen LogP contribution in [0.3, 0.4) is 0 Å². The lowest BCUT2D eigenvalue weighted by Crippen LogP contribution is -2.28. The van der Waals surface area contributed by atoms with E-state index in [0.717, 1.165) is 0 Å². The number of ketones is 1. The van der Waals surface area contributed by atoms with Gasteiger partial charge in [0.25, 0.3) is 5.88 Å². The van der Waals surface area contributed by atoms with Crippen molar-refractivity contribution in [3.63, 3.8) is 0 Å². The third-order valence-corrected chi connectivity index (χ3v) is 5.34. The summed E-state index contributed by atoms with van der Waals surface area (Å²) in [5.74, 6) is -1.06. The predicted molar refractivity (Wildman–Crippen MR) is 131 cm³/mol. The number of nitrogens with zero attached hydrogens (tertiary/aromatic N) is 2. The van der Waals surface area contributed by atoms with Gasteiger partial charge in [0, 0.05) is 18.9 Å². The Balaban J connectivity index is 1.65. The van der Waals surface area contributed by atoms with Crippen LogP contribution in [0.15, 0.2) is 48.5 Å². The van der Waals surface area contributed by atoms with E-state index in [1.807, 2.05) is 0 Å². The van der Waals surface area contributed by atoms with Gasteiger partial charge in [-0.1, -0.05) is 38.1 Å². The molecule has 2 aromatic carbocycles. The predicted octanol–water partition coefficient (Wildman–Crippen LogP) is 3.55. The number of phosphoric ester groups is 1. The molecule has 0 saturated carbocycles. The molecule has 37 heavy (non-hydrogen) atoms. The average molecular weight is 531 g/mol.